The quantitative estimate of drug-likeness (QED) is 0.346. The number of rotatable bonds is 6. The average Bonchev–Trinajstić information content (AvgIpc) is 3.21. The Morgan fingerprint density at radius 2 is 2.09 bits per heavy atom. The van der Waals surface area contributed by atoms with Gasteiger partial charge in [-0.25, -0.2) is 14.4 Å². The molecule has 8 heteroatoms. The van der Waals surface area contributed by atoms with E-state index in [1.807, 2.05) is 19.1 Å². The molecule has 1 unspecified atom stereocenters. The predicted octanol–water partition coefficient (Wildman–Crippen LogP) is 5.90. The van der Waals surface area contributed by atoms with E-state index < -0.39 is 0 Å². The summed E-state index contributed by atoms with van der Waals surface area (Å²) in [5.74, 6) is 7.02. The summed E-state index contributed by atoms with van der Waals surface area (Å²) in [5, 5.41) is 3.72. The van der Waals surface area contributed by atoms with E-state index in [1.54, 1.807) is 24.3 Å². The van der Waals surface area contributed by atoms with E-state index >= 15 is 0 Å². The molecule has 0 radical (unpaired) electrons. The third kappa shape index (κ3) is 5.35. The van der Waals surface area contributed by atoms with Gasteiger partial charge in [-0.05, 0) is 48.4 Å². The van der Waals surface area contributed by atoms with Gasteiger partial charge in [0.2, 0.25) is 0 Å². The number of benzene rings is 2. The Kier molecular flexibility index (Phi) is 6.86. The minimum Gasteiger partial charge on any atom is -0.487 e. The maximum atomic E-state index is 13.3. The van der Waals surface area contributed by atoms with Crippen molar-refractivity contribution in [3.63, 3.8) is 0 Å². The topological polar surface area (TPSA) is 73.1 Å². The summed E-state index contributed by atoms with van der Waals surface area (Å²) in [6.45, 7) is 2.22. The third-order valence-electron chi connectivity index (χ3n) is 4.61. The number of halogens is 2. The van der Waals surface area contributed by atoms with Crippen molar-refractivity contribution in [2.45, 2.75) is 26.0 Å². The molecule has 0 bridgehead atoms. The van der Waals surface area contributed by atoms with E-state index in [4.69, 9.17) is 22.1 Å². The van der Waals surface area contributed by atoms with Gasteiger partial charge in [0.25, 0.3) is 0 Å². The normalized spacial score (nSPS) is 11.6. The van der Waals surface area contributed by atoms with Crippen LogP contribution in [0.25, 0.3) is 10.2 Å². The molecule has 32 heavy (non-hydrogen) atoms. The summed E-state index contributed by atoms with van der Waals surface area (Å²) in [6.07, 6.45) is 2.30. The minimum absolute atomic E-state index is 0.146. The number of fused-ring (bicyclic) bond motifs is 1. The predicted molar refractivity (Wildman–Crippen MR) is 128 cm³/mol. The molecule has 2 heterocycles. The third-order valence-corrected chi connectivity index (χ3v) is 5.95. The van der Waals surface area contributed by atoms with Crippen molar-refractivity contribution in [1.29, 1.82) is 0 Å². The van der Waals surface area contributed by atoms with Gasteiger partial charge >= 0.3 is 0 Å². The van der Waals surface area contributed by atoms with Crippen molar-refractivity contribution >= 4 is 44.7 Å². The van der Waals surface area contributed by atoms with Crippen molar-refractivity contribution < 1.29 is 9.13 Å². The zero-order valence-electron chi connectivity index (χ0n) is 17.2. The van der Waals surface area contributed by atoms with Gasteiger partial charge in [-0.1, -0.05) is 42.5 Å². The zero-order valence-corrected chi connectivity index (χ0v) is 18.8. The van der Waals surface area contributed by atoms with Crippen molar-refractivity contribution in [2.75, 3.05) is 5.32 Å². The fraction of sp³-hybridized carbons (Fsp3) is 0.167. The first-order valence-corrected chi connectivity index (χ1v) is 11.2. The molecule has 1 atom stereocenters. The van der Waals surface area contributed by atoms with Crippen LogP contribution in [0.4, 0.5) is 15.9 Å². The largest absolute Gasteiger partial charge is 0.487 e. The van der Waals surface area contributed by atoms with Crippen LogP contribution in [0.2, 0.25) is 5.02 Å². The van der Waals surface area contributed by atoms with E-state index in [0.29, 0.717) is 16.6 Å². The lowest BCUT2D eigenvalue weighted by atomic mass is 10.2. The van der Waals surface area contributed by atoms with Crippen LogP contribution < -0.4 is 15.8 Å². The minimum atomic E-state index is -0.302. The second-order valence-electron chi connectivity index (χ2n) is 7.02. The molecular weight excluding hydrogens is 447 g/mol. The number of hydrogen-bond acceptors (Lipinski definition) is 6. The lowest BCUT2D eigenvalue weighted by molar-refractivity contribution is 0.306. The van der Waals surface area contributed by atoms with Crippen LogP contribution in [0.1, 0.15) is 23.8 Å². The highest BCUT2D eigenvalue weighted by Gasteiger charge is 2.10. The van der Waals surface area contributed by atoms with Crippen molar-refractivity contribution in [1.82, 2.24) is 9.97 Å². The van der Waals surface area contributed by atoms with E-state index in [9.17, 15) is 4.39 Å². The second kappa shape index (κ2) is 9.96. The fourth-order valence-electron chi connectivity index (χ4n) is 2.89. The SMILES string of the molecule is CCC(N)C#Cc1cc2ncnc(Nc3ccc(OCc4cccc(F)c4)c(Cl)c3)c2s1. The van der Waals surface area contributed by atoms with Gasteiger partial charge in [-0.15, -0.1) is 11.3 Å². The average molecular weight is 467 g/mol. The van der Waals surface area contributed by atoms with Crippen molar-refractivity contribution in [3.05, 3.63) is 76.1 Å². The Labute approximate surface area is 194 Å². The Hall–Kier alpha value is -3.18. The molecule has 2 aromatic carbocycles. The molecule has 0 spiro atoms. The summed E-state index contributed by atoms with van der Waals surface area (Å²) in [4.78, 5) is 9.58. The highest BCUT2D eigenvalue weighted by molar-refractivity contribution is 7.20. The molecule has 162 valence electrons. The molecule has 0 fully saturated rings. The van der Waals surface area contributed by atoms with E-state index in [-0.39, 0.29) is 18.5 Å². The molecule has 0 aliphatic heterocycles. The number of nitrogens with one attached hydrogen (secondary N) is 1. The molecule has 0 saturated carbocycles. The van der Waals surface area contributed by atoms with E-state index in [2.05, 4.69) is 27.1 Å². The van der Waals surface area contributed by atoms with Crippen LogP contribution in [0.3, 0.4) is 0 Å². The fourth-order valence-corrected chi connectivity index (χ4v) is 4.04. The molecule has 4 aromatic rings. The molecule has 0 saturated heterocycles. The van der Waals surface area contributed by atoms with Gasteiger partial charge in [0, 0.05) is 5.69 Å². The van der Waals surface area contributed by atoms with Crippen LogP contribution in [0, 0.1) is 17.7 Å². The van der Waals surface area contributed by atoms with Crippen molar-refractivity contribution in [3.8, 4) is 17.6 Å². The first-order valence-electron chi connectivity index (χ1n) is 9.97. The first kappa shape index (κ1) is 22.0. The van der Waals surface area contributed by atoms with Gasteiger partial charge in [0.15, 0.2) is 5.82 Å². The van der Waals surface area contributed by atoms with Gasteiger partial charge in [0.05, 0.1) is 26.2 Å². The second-order valence-corrected chi connectivity index (χ2v) is 8.48. The lowest BCUT2D eigenvalue weighted by Gasteiger charge is -2.11. The monoisotopic (exact) mass is 466 g/mol. The van der Waals surface area contributed by atoms with Crippen molar-refractivity contribution in [2.24, 2.45) is 5.73 Å². The van der Waals surface area contributed by atoms with Crippen LogP contribution in [-0.4, -0.2) is 16.0 Å². The summed E-state index contributed by atoms with van der Waals surface area (Å²) in [5.41, 5.74) is 8.17. The summed E-state index contributed by atoms with van der Waals surface area (Å²) in [6, 6.07) is 13.4. The van der Waals surface area contributed by atoms with Gasteiger partial charge in [0.1, 0.15) is 24.5 Å². The number of nitrogens with two attached hydrogens (primary N) is 1. The highest BCUT2D eigenvalue weighted by atomic mass is 35.5. The zero-order chi connectivity index (χ0) is 22.5. The number of nitrogens with zero attached hydrogens (tertiary/aromatic N) is 2. The molecule has 0 amide bonds. The number of thiophene rings is 1. The van der Waals surface area contributed by atoms with E-state index in [1.165, 1.54) is 29.8 Å². The number of hydrogen-bond donors (Lipinski definition) is 2. The smallest absolute Gasteiger partial charge is 0.151 e. The molecule has 5 nitrogen and oxygen atoms in total. The van der Waals surface area contributed by atoms with Gasteiger partial charge in [-0.3, -0.25) is 0 Å². The summed E-state index contributed by atoms with van der Waals surface area (Å²) >= 11 is 7.91. The molecule has 0 aliphatic rings. The first-order chi connectivity index (χ1) is 15.5. The lowest BCUT2D eigenvalue weighted by Crippen LogP contribution is -2.15. The highest BCUT2D eigenvalue weighted by Crippen LogP contribution is 2.33. The maximum absolute atomic E-state index is 13.3. The molecule has 2 aromatic heterocycles. The molecular formula is C24H20ClFN4OS. The Balaban J connectivity index is 1.50. The number of aromatic nitrogens is 2. The van der Waals surface area contributed by atoms with Crippen LogP contribution in [0.5, 0.6) is 5.75 Å². The molecule has 0 aliphatic carbocycles. The number of ether oxygens (including phenoxy) is 1. The standard InChI is InChI=1S/C24H20ClFN4OS/c1-2-17(27)6-8-19-12-21-23(32-19)24(29-14-28-21)30-18-7-9-22(20(25)11-18)31-13-15-4-3-5-16(26)10-15/h3-5,7,9-12,14,17H,2,13,27H2,1H3,(H,28,29,30). The maximum Gasteiger partial charge on any atom is 0.151 e. The van der Waals surface area contributed by atoms with E-state index in [0.717, 1.165) is 32.8 Å². The Morgan fingerprint density at radius 1 is 1.22 bits per heavy atom. The number of anilines is 2. The van der Waals surface area contributed by atoms with Crippen LogP contribution >= 0.6 is 22.9 Å². The summed E-state index contributed by atoms with van der Waals surface area (Å²) < 4.78 is 20.0. The van der Waals surface area contributed by atoms with Gasteiger partial charge < -0.3 is 15.8 Å². The Bertz CT molecular complexity index is 1310. The Morgan fingerprint density at radius 3 is 2.88 bits per heavy atom. The molecule has 4 rings (SSSR count). The summed E-state index contributed by atoms with van der Waals surface area (Å²) in [7, 11) is 0. The molecule has 3 N–H and O–H groups in total. The van der Waals surface area contributed by atoms with Crippen LogP contribution in [-0.2, 0) is 6.61 Å². The van der Waals surface area contributed by atoms with Gasteiger partial charge in [-0.2, -0.15) is 0 Å². The van der Waals surface area contributed by atoms with Crippen LogP contribution in [0.15, 0.2) is 54.9 Å².